The van der Waals surface area contributed by atoms with Gasteiger partial charge in [0.15, 0.2) is 0 Å². The van der Waals surface area contributed by atoms with E-state index in [-0.39, 0.29) is 23.9 Å². The van der Waals surface area contributed by atoms with Gasteiger partial charge in [0.1, 0.15) is 6.10 Å². The first-order valence-electron chi connectivity index (χ1n) is 7.35. The van der Waals surface area contributed by atoms with Crippen molar-refractivity contribution < 1.29 is 19.7 Å². The number of ether oxygens (including phenoxy) is 1. The monoisotopic (exact) mass is 268 g/mol. The van der Waals surface area contributed by atoms with Gasteiger partial charge in [0.05, 0.1) is 18.6 Å². The highest BCUT2D eigenvalue weighted by molar-refractivity contribution is 5.72. The first-order chi connectivity index (χ1) is 9.11. The summed E-state index contributed by atoms with van der Waals surface area (Å²) in [6, 6.07) is 0. The molecule has 1 saturated carbocycles. The molecule has 1 aliphatic heterocycles. The molecular formula is C15H24O4. The molecule has 4 heteroatoms. The molecule has 0 bridgehead atoms. The van der Waals surface area contributed by atoms with Crippen LogP contribution in [0.1, 0.15) is 45.4 Å². The minimum atomic E-state index is -0.456. The molecule has 0 spiro atoms. The van der Waals surface area contributed by atoms with E-state index >= 15 is 0 Å². The molecule has 0 radical (unpaired) electrons. The maximum absolute atomic E-state index is 11.2. The fourth-order valence-corrected chi connectivity index (χ4v) is 3.14. The molecule has 19 heavy (non-hydrogen) atoms. The van der Waals surface area contributed by atoms with Crippen molar-refractivity contribution in [1.29, 1.82) is 0 Å². The third kappa shape index (κ3) is 3.57. The Labute approximate surface area is 114 Å². The van der Waals surface area contributed by atoms with E-state index in [0.29, 0.717) is 12.8 Å². The Morgan fingerprint density at radius 1 is 1.47 bits per heavy atom. The second-order valence-corrected chi connectivity index (χ2v) is 5.72. The highest BCUT2D eigenvalue weighted by atomic mass is 16.6. The number of aliphatic hydroxyl groups is 2. The Morgan fingerprint density at radius 2 is 2.26 bits per heavy atom. The van der Waals surface area contributed by atoms with Crippen molar-refractivity contribution in [2.75, 3.05) is 0 Å². The number of hydrogen-bond acceptors (Lipinski definition) is 4. The molecule has 108 valence electrons. The minimum Gasteiger partial charge on any atom is -0.462 e. The van der Waals surface area contributed by atoms with E-state index in [0.717, 1.165) is 25.7 Å². The zero-order chi connectivity index (χ0) is 13.8. The molecule has 1 aliphatic carbocycles. The molecule has 1 heterocycles. The van der Waals surface area contributed by atoms with Crippen molar-refractivity contribution in [3.05, 3.63) is 12.2 Å². The number of esters is 1. The summed E-state index contributed by atoms with van der Waals surface area (Å²) in [7, 11) is 0. The first kappa shape index (κ1) is 14.5. The fraction of sp³-hybridized carbons (Fsp3) is 0.800. The van der Waals surface area contributed by atoms with Crippen molar-refractivity contribution in [3.63, 3.8) is 0 Å². The average Bonchev–Trinajstić information content (AvgIpc) is 2.82. The van der Waals surface area contributed by atoms with Gasteiger partial charge in [-0.05, 0) is 6.42 Å². The molecular weight excluding hydrogens is 244 g/mol. The molecule has 5 atom stereocenters. The van der Waals surface area contributed by atoms with Crippen molar-refractivity contribution in [3.8, 4) is 0 Å². The van der Waals surface area contributed by atoms with Crippen LogP contribution in [0.25, 0.3) is 0 Å². The molecule has 0 amide bonds. The van der Waals surface area contributed by atoms with Crippen LogP contribution in [-0.2, 0) is 9.53 Å². The van der Waals surface area contributed by atoms with Crippen LogP contribution in [0.2, 0.25) is 0 Å². The van der Waals surface area contributed by atoms with E-state index in [9.17, 15) is 15.0 Å². The number of carbonyl (C=O) groups excluding carboxylic acids is 1. The molecule has 0 aromatic heterocycles. The van der Waals surface area contributed by atoms with Gasteiger partial charge in [0, 0.05) is 18.3 Å². The van der Waals surface area contributed by atoms with Gasteiger partial charge in [0.25, 0.3) is 0 Å². The molecule has 4 nitrogen and oxygen atoms in total. The van der Waals surface area contributed by atoms with Crippen LogP contribution in [0, 0.1) is 11.8 Å². The lowest BCUT2D eigenvalue weighted by Gasteiger charge is -2.15. The molecule has 2 fully saturated rings. The third-order valence-corrected chi connectivity index (χ3v) is 4.23. The van der Waals surface area contributed by atoms with Crippen LogP contribution in [0.15, 0.2) is 12.2 Å². The largest absolute Gasteiger partial charge is 0.462 e. The summed E-state index contributed by atoms with van der Waals surface area (Å²) in [4.78, 5) is 11.2. The van der Waals surface area contributed by atoms with Gasteiger partial charge < -0.3 is 14.9 Å². The van der Waals surface area contributed by atoms with E-state index in [1.54, 1.807) is 6.08 Å². The third-order valence-electron chi connectivity index (χ3n) is 4.23. The van der Waals surface area contributed by atoms with Gasteiger partial charge in [-0.25, -0.2) is 0 Å². The summed E-state index contributed by atoms with van der Waals surface area (Å²) in [6.07, 6.45) is 7.58. The summed E-state index contributed by atoms with van der Waals surface area (Å²) < 4.78 is 5.18. The Morgan fingerprint density at radius 3 is 3.00 bits per heavy atom. The van der Waals surface area contributed by atoms with Crippen LogP contribution < -0.4 is 0 Å². The van der Waals surface area contributed by atoms with Gasteiger partial charge in [-0.3, -0.25) is 4.79 Å². The predicted octanol–water partition coefficient (Wildman–Crippen LogP) is 1.80. The second-order valence-electron chi connectivity index (χ2n) is 5.72. The van der Waals surface area contributed by atoms with Gasteiger partial charge in [0.2, 0.25) is 0 Å². The van der Waals surface area contributed by atoms with Crippen LogP contribution in [0.3, 0.4) is 0 Å². The number of carbonyl (C=O) groups is 1. The number of fused-ring (bicyclic) bond motifs is 1. The van der Waals surface area contributed by atoms with Gasteiger partial charge in [-0.15, -0.1) is 0 Å². The number of aliphatic hydroxyl groups excluding tert-OH is 2. The Kier molecular flexibility index (Phi) is 4.99. The predicted molar refractivity (Wildman–Crippen MR) is 71.4 cm³/mol. The second kappa shape index (κ2) is 6.53. The van der Waals surface area contributed by atoms with E-state index in [1.807, 2.05) is 6.08 Å². The average molecular weight is 268 g/mol. The smallest absolute Gasteiger partial charge is 0.306 e. The fourth-order valence-electron chi connectivity index (χ4n) is 3.14. The van der Waals surface area contributed by atoms with Crippen LogP contribution in [0.4, 0.5) is 0 Å². The topological polar surface area (TPSA) is 66.8 Å². The van der Waals surface area contributed by atoms with Crippen LogP contribution in [0.5, 0.6) is 0 Å². The van der Waals surface area contributed by atoms with Gasteiger partial charge in [-0.1, -0.05) is 38.3 Å². The molecule has 2 N–H and O–H groups in total. The summed E-state index contributed by atoms with van der Waals surface area (Å²) in [5.74, 6) is -0.136. The Bertz CT molecular complexity index is 339. The van der Waals surface area contributed by atoms with Crippen LogP contribution >= 0.6 is 0 Å². The summed E-state index contributed by atoms with van der Waals surface area (Å²) in [6.45, 7) is 2.13. The standard InChI is InChI=1S/C15H24O4/c1-2-3-4-5-10(16)6-7-11-12-8-15(18)19-14(12)9-13(11)17/h6-7,10-14,16-17H,2-5,8-9H2,1H3/b7-6+/t10-,11-,12-,13-,14+/m1/s1. The van der Waals surface area contributed by atoms with Crippen molar-refractivity contribution in [2.45, 2.75) is 63.8 Å². The summed E-state index contributed by atoms with van der Waals surface area (Å²) in [5.41, 5.74) is 0. The highest BCUT2D eigenvalue weighted by Gasteiger charge is 2.48. The lowest BCUT2D eigenvalue weighted by molar-refractivity contribution is -0.141. The number of hydrogen-bond donors (Lipinski definition) is 2. The molecule has 0 unspecified atom stereocenters. The lowest BCUT2D eigenvalue weighted by atomic mass is 9.91. The van der Waals surface area contributed by atoms with E-state index in [4.69, 9.17) is 4.74 Å². The van der Waals surface area contributed by atoms with E-state index in [2.05, 4.69) is 6.92 Å². The van der Waals surface area contributed by atoms with Crippen molar-refractivity contribution in [1.82, 2.24) is 0 Å². The summed E-state index contributed by atoms with van der Waals surface area (Å²) in [5, 5.41) is 19.8. The maximum atomic E-state index is 11.2. The Balaban J connectivity index is 1.85. The lowest BCUT2D eigenvalue weighted by Crippen LogP contribution is -2.18. The van der Waals surface area contributed by atoms with E-state index < -0.39 is 12.2 Å². The quantitative estimate of drug-likeness (QED) is 0.438. The number of unbranched alkanes of at least 4 members (excludes halogenated alkanes) is 2. The molecule has 2 rings (SSSR count). The molecule has 0 aromatic rings. The molecule has 1 saturated heterocycles. The SMILES string of the molecule is CCCCC[C@@H](O)/C=C/[C@@H]1[C@H]2CC(=O)O[C@H]2C[C@H]1O. The van der Waals surface area contributed by atoms with Crippen molar-refractivity contribution >= 4 is 5.97 Å². The van der Waals surface area contributed by atoms with Gasteiger partial charge in [-0.2, -0.15) is 0 Å². The summed E-state index contributed by atoms with van der Waals surface area (Å²) >= 11 is 0. The van der Waals surface area contributed by atoms with Crippen molar-refractivity contribution in [2.24, 2.45) is 11.8 Å². The molecule has 2 aliphatic rings. The highest BCUT2D eigenvalue weighted by Crippen LogP contribution is 2.42. The van der Waals surface area contributed by atoms with Crippen LogP contribution in [-0.4, -0.2) is 34.5 Å². The zero-order valence-corrected chi connectivity index (χ0v) is 11.5. The maximum Gasteiger partial charge on any atom is 0.306 e. The van der Waals surface area contributed by atoms with E-state index in [1.165, 1.54) is 0 Å². The zero-order valence-electron chi connectivity index (χ0n) is 11.5. The normalized spacial score (nSPS) is 35.6. The first-order valence-corrected chi connectivity index (χ1v) is 7.35. The minimum absolute atomic E-state index is 0.0581. The number of rotatable bonds is 6. The molecule has 0 aromatic carbocycles. The van der Waals surface area contributed by atoms with Gasteiger partial charge >= 0.3 is 5.97 Å². The Hall–Kier alpha value is -0.870.